The monoisotopic (exact) mass is 190 g/mol. The van der Waals surface area contributed by atoms with Crippen LogP contribution < -0.4 is 0 Å². The maximum absolute atomic E-state index is 5.21. The molecule has 0 aliphatic heterocycles. The molecule has 0 saturated heterocycles. The molecule has 0 atom stereocenters. The van der Waals surface area contributed by atoms with Crippen LogP contribution in [0.15, 0.2) is 8.83 Å². The van der Waals surface area contributed by atoms with Crippen molar-refractivity contribution < 1.29 is 8.83 Å². The molecule has 3 heterocycles. The van der Waals surface area contributed by atoms with Crippen molar-refractivity contribution in [3.8, 4) is 0 Å². The van der Waals surface area contributed by atoms with E-state index in [4.69, 9.17) is 8.83 Å². The minimum Gasteiger partial charge on any atom is -0.421 e. The quantitative estimate of drug-likeness (QED) is 0.532. The molecule has 0 unspecified atom stereocenters. The van der Waals surface area contributed by atoms with Crippen LogP contribution in [0.1, 0.15) is 11.8 Å². The van der Waals surface area contributed by atoms with Crippen molar-refractivity contribution in [3.05, 3.63) is 11.8 Å². The van der Waals surface area contributed by atoms with Gasteiger partial charge >= 0.3 is 0 Å². The zero-order valence-corrected chi connectivity index (χ0v) is 7.61. The first-order valence-corrected chi connectivity index (χ1v) is 4.11. The van der Waals surface area contributed by atoms with Crippen molar-refractivity contribution >= 4 is 22.7 Å². The van der Waals surface area contributed by atoms with Crippen LogP contribution in [-0.4, -0.2) is 19.9 Å². The summed E-state index contributed by atoms with van der Waals surface area (Å²) in [6.45, 7) is 3.48. The smallest absolute Gasteiger partial charge is 0.270 e. The maximum atomic E-state index is 5.21. The van der Waals surface area contributed by atoms with E-state index in [2.05, 4.69) is 19.9 Å². The van der Waals surface area contributed by atoms with Crippen LogP contribution in [0.4, 0.5) is 0 Å². The van der Waals surface area contributed by atoms with Crippen molar-refractivity contribution in [3.63, 3.8) is 0 Å². The topological polar surface area (TPSA) is 77.8 Å². The molecule has 0 aliphatic carbocycles. The van der Waals surface area contributed by atoms with Gasteiger partial charge in [-0.25, -0.2) is 0 Å². The molecule has 6 nitrogen and oxygen atoms in total. The van der Waals surface area contributed by atoms with E-state index in [-0.39, 0.29) is 0 Å². The number of rotatable bonds is 0. The standard InChI is InChI=1S/C8H6N4O2/c1-3-9-5-7(13-3)12-8-6(11-5)10-4(2)14-8/h1-2H3. The second-order valence-electron chi connectivity index (χ2n) is 2.95. The van der Waals surface area contributed by atoms with E-state index in [1.54, 1.807) is 13.8 Å². The lowest BCUT2D eigenvalue weighted by atomic mass is 10.6. The number of oxazole rings is 2. The summed E-state index contributed by atoms with van der Waals surface area (Å²) < 4.78 is 10.4. The summed E-state index contributed by atoms with van der Waals surface area (Å²) >= 11 is 0. The molecular weight excluding hydrogens is 184 g/mol. The largest absolute Gasteiger partial charge is 0.421 e. The van der Waals surface area contributed by atoms with Gasteiger partial charge < -0.3 is 8.83 Å². The highest BCUT2D eigenvalue weighted by Gasteiger charge is 2.11. The summed E-state index contributed by atoms with van der Waals surface area (Å²) in [5.41, 5.74) is 1.68. The van der Waals surface area contributed by atoms with Crippen LogP contribution in [-0.2, 0) is 0 Å². The molecule has 14 heavy (non-hydrogen) atoms. The molecule has 0 bridgehead atoms. The molecule has 0 N–H and O–H groups in total. The summed E-state index contributed by atoms with van der Waals surface area (Å²) in [7, 11) is 0. The highest BCUT2D eigenvalue weighted by molar-refractivity contribution is 5.75. The van der Waals surface area contributed by atoms with Crippen molar-refractivity contribution in [1.29, 1.82) is 0 Å². The van der Waals surface area contributed by atoms with Crippen LogP contribution in [0.3, 0.4) is 0 Å². The van der Waals surface area contributed by atoms with Crippen molar-refractivity contribution in [2.24, 2.45) is 0 Å². The Hall–Kier alpha value is -1.98. The molecule has 0 aromatic carbocycles. The zero-order chi connectivity index (χ0) is 9.71. The number of hydrogen-bond donors (Lipinski definition) is 0. The van der Waals surface area contributed by atoms with E-state index in [1.807, 2.05) is 0 Å². The van der Waals surface area contributed by atoms with Gasteiger partial charge in [0.2, 0.25) is 11.3 Å². The van der Waals surface area contributed by atoms with Crippen molar-refractivity contribution in [1.82, 2.24) is 19.9 Å². The Morgan fingerprint density at radius 2 is 1.21 bits per heavy atom. The lowest BCUT2D eigenvalue weighted by Crippen LogP contribution is -1.82. The highest BCUT2D eigenvalue weighted by Crippen LogP contribution is 2.16. The van der Waals surface area contributed by atoms with Gasteiger partial charge in [0, 0.05) is 13.8 Å². The second-order valence-corrected chi connectivity index (χ2v) is 2.95. The fourth-order valence-electron chi connectivity index (χ4n) is 1.29. The number of fused-ring (bicyclic) bond motifs is 2. The normalized spacial score (nSPS) is 11.6. The van der Waals surface area contributed by atoms with E-state index in [1.165, 1.54) is 0 Å². The molecule has 0 fully saturated rings. The predicted molar refractivity (Wildman–Crippen MR) is 46.6 cm³/mol. The van der Waals surface area contributed by atoms with E-state index in [9.17, 15) is 0 Å². The Morgan fingerprint density at radius 1 is 0.714 bits per heavy atom. The van der Waals surface area contributed by atoms with Crippen LogP contribution in [0.25, 0.3) is 22.7 Å². The number of aromatic nitrogens is 4. The summed E-state index contributed by atoms with van der Waals surface area (Å²) in [5.74, 6) is 1.06. The Bertz CT molecular complexity index is 522. The lowest BCUT2D eigenvalue weighted by molar-refractivity contribution is 0.535. The average molecular weight is 190 g/mol. The SMILES string of the molecule is Cc1nc2nc3nc(C)oc3nc2o1. The highest BCUT2D eigenvalue weighted by atomic mass is 16.4. The molecule has 0 amide bonds. The van der Waals surface area contributed by atoms with Gasteiger partial charge in [0.1, 0.15) is 0 Å². The van der Waals surface area contributed by atoms with Crippen molar-refractivity contribution in [2.75, 3.05) is 0 Å². The lowest BCUT2D eigenvalue weighted by Gasteiger charge is -1.83. The van der Waals surface area contributed by atoms with Gasteiger partial charge in [-0.15, -0.1) is 0 Å². The Labute approximate surface area is 78.0 Å². The summed E-state index contributed by atoms with van der Waals surface area (Å²) in [6.07, 6.45) is 0. The first-order valence-electron chi connectivity index (χ1n) is 4.11. The van der Waals surface area contributed by atoms with E-state index < -0.39 is 0 Å². The Kier molecular flexibility index (Phi) is 1.21. The molecule has 70 valence electrons. The molecule has 3 aromatic rings. The second kappa shape index (κ2) is 2.28. The third-order valence-corrected chi connectivity index (χ3v) is 1.81. The summed E-state index contributed by atoms with van der Waals surface area (Å²) in [5, 5.41) is 0. The summed E-state index contributed by atoms with van der Waals surface area (Å²) in [6, 6.07) is 0. The third kappa shape index (κ3) is 0.905. The average Bonchev–Trinajstić information content (AvgIpc) is 2.59. The van der Waals surface area contributed by atoms with E-state index in [0.29, 0.717) is 34.5 Å². The summed E-state index contributed by atoms with van der Waals surface area (Å²) in [4.78, 5) is 16.3. The zero-order valence-electron chi connectivity index (χ0n) is 7.61. The molecule has 3 rings (SSSR count). The van der Waals surface area contributed by atoms with Crippen LogP contribution >= 0.6 is 0 Å². The minimum absolute atomic E-state index is 0.381. The van der Waals surface area contributed by atoms with Crippen LogP contribution in [0.2, 0.25) is 0 Å². The molecule has 3 aromatic heterocycles. The predicted octanol–water partition coefficient (Wildman–Crippen LogP) is 1.38. The first-order chi connectivity index (χ1) is 6.72. The van der Waals surface area contributed by atoms with E-state index in [0.717, 1.165) is 0 Å². The Morgan fingerprint density at radius 3 is 1.71 bits per heavy atom. The maximum Gasteiger partial charge on any atom is 0.270 e. The van der Waals surface area contributed by atoms with Gasteiger partial charge in [0.15, 0.2) is 11.8 Å². The molecule has 0 spiro atoms. The number of hydrogen-bond acceptors (Lipinski definition) is 6. The molecule has 0 saturated carbocycles. The molecule has 6 heteroatoms. The van der Waals surface area contributed by atoms with E-state index >= 15 is 0 Å². The third-order valence-electron chi connectivity index (χ3n) is 1.81. The van der Waals surface area contributed by atoms with Crippen LogP contribution in [0.5, 0.6) is 0 Å². The molecule has 0 radical (unpaired) electrons. The molecular formula is C8H6N4O2. The minimum atomic E-state index is 0.381. The van der Waals surface area contributed by atoms with Crippen LogP contribution in [0, 0.1) is 13.8 Å². The molecule has 0 aliphatic rings. The van der Waals surface area contributed by atoms with Gasteiger partial charge in [-0.1, -0.05) is 0 Å². The number of nitrogens with zero attached hydrogens (tertiary/aromatic N) is 4. The fraction of sp³-hybridized carbons (Fsp3) is 0.250. The van der Waals surface area contributed by atoms with Gasteiger partial charge in [0.25, 0.3) is 11.4 Å². The van der Waals surface area contributed by atoms with Gasteiger partial charge in [0.05, 0.1) is 0 Å². The Balaban J connectivity index is 2.49. The number of aryl methyl sites for hydroxylation is 2. The van der Waals surface area contributed by atoms with Gasteiger partial charge in [-0.05, 0) is 0 Å². The van der Waals surface area contributed by atoms with Gasteiger partial charge in [-0.2, -0.15) is 19.9 Å². The first kappa shape index (κ1) is 7.43. The van der Waals surface area contributed by atoms with Crippen molar-refractivity contribution in [2.45, 2.75) is 13.8 Å². The fourth-order valence-corrected chi connectivity index (χ4v) is 1.29. The van der Waals surface area contributed by atoms with Gasteiger partial charge in [-0.3, -0.25) is 0 Å².